The molecule has 0 N–H and O–H groups in total. The van der Waals surface area contributed by atoms with Crippen molar-refractivity contribution in [2.75, 3.05) is 7.11 Å². The number of hydrogen-bond acceptors (Lipinski definition) is 1. The molecular weight excluding hydrogens is 184 g/mol. The van der Waals surface area contributed by atoms with Gasteiger partial charge in [0, 0.05) is 13.0 Å². The number of ether oxygens (including phenoxy) is 1. The quantitative estimate of drug-likeness (QED) is 0.715. The van der Waals surface area contributed by atoms with Crippen LogP contribution in [0.5, 0.6) is 0 Å². The van der Waals surface area contributed by atoms with E-state index in [1.807, 2.05) is 0 Å². The smallest absolute Gasteiger partial charge is 0.0609 e. The molecule has 1 aliphatic rings. The van der Waals surface area contributed by atoms with Gasteiger partial charge in [-0.15, -0.1) is 0 Å². The fourth-order valence-electron chi connectivity index (χ4n) is 2.28. The van der Waals surface area contributed by atoms with Gasteiger partial charge in [0.25, 0.3) is 0 Å². The van der Waals surface area contributed by atoms with Crippen LogP contribution in [-0.4, -0.2) is 13.2 Å². The molecule has 0 heterocycles. The molecule has 2 atom stereocenters. The molecule has 0 fully saturated rings. The van der Waals surface area contributed by atoms with E-state index < -0.39 is 0 Å². The van der Waals surface area contributed by atoms with Gasteiger partial charge in [0.2, 0.25) is 0 Å². The van der Waals surface area contributed by atoms with Crippen molar-refractivity contribution in [1.82, 2.24) is 0 Å². The van der Waals surface area contributed by atoms with Crippen LogP contribution >= 0.6 is 0 Å². The summed E-state index contributed by atoms with van der Waals surface area (Å²) in [5.41, 5.74) is 4.23. The second kappa shape index (κ2) is 4.19. The predicted molar refractivity (Wildman–Crippen MR) is 63.8 cm³/mol. The summed E-state index contributed by atoms with van der Waals surface area (Å²) in [4.78, 5) is 0. The summed E-state index contributed by atoms with van der Waals surface area (Å²) < 4.78 is 5.41. The lowest BCUT2D eigenvalue weighted by Gasteiger charge is -2.26. The largest absolute Gasteiger partial charge is 0.381 e. The summed E-state index contributed by atoms with van der Waals surface area (Å²) in [7, 11) is 1.79. The van der Waals surface area contributed by atoms with E-state index in [1.54, 1.807) is 7.11 Å². The van der Waals surface area contributed by atoms with Gasteiger partial charge in [-0.05, 0) is 37.0 Å². The first kappa shape index (κ1) is 10.4. The Labute approximate surface area is 91.8 Å². The lowest BCUT2D eigenvalue weighted by Crippen LogP contribution is -2.22. The van der Waals surface area contributed by atoms with Crippen molar-refractivity contribution in [3.8, 4) is 0 Å². The van der Waals surface area contributed by atoms with Gasteiger partial charge in [-0.3, -0.25) is 0 Å². The zero-order chi connectivity index (χ0) is 10.8. The minimum Gasteiger partial charge on any atom is -0.381 e. The fourth-order valence-corrected chi connectivity index (χ4v) is 2.28. The third-order valence-electron chi connectivity index (χ3n) is 3.34. The van der Waals surface area contributed by atoms with Crippen LogP contribution in [0.3, 0.4) is 0 Å². The molecule has 0 radical (unpaired) electrons. The molecule has 1 aliphatic carbocycles. The van der Waals surface area contributed by atoms with Gasteiger partial charge in [-0.1, -0.05) is 30.3 Å². The molecule has 0 spiro atoms. The Morgan fingerprint density at radius 3 is 2.80 bits per heavy atom. The molecule has 1 nitrogen and oxygen atoms in total. The van der Waals surface area contributed by atoms with Crippen LogP contribution in [0, 0.1) is 5.92 Å². The zero-order valence-electron chi connectivity index (χ0n) is 9.66. The van der Waals surface area contributed by atoms with Crippen LogP contribution in [0.4, 0.5) is 0 Å². The van der Waals surface area contributed by atoms with Gasteiger partial charge in [0.1, 0.15) is 0 Å². The summed E-state index contributed by atoms with van der Waals surface area (Å²) in [5, 5.41) is 0. The Morgan fingerprint density at radius 2 is 2.07 bits per heavy atom. The maximum Gasteiger partial charge on any atom is 0.0609 e. The molecular formula is C14H18O. The van der Waals surface area contributed by atoms with Crippen molar-refractivity contribution in [1.29, 1.82) is 0 Å². The lowest BCUT2D eigenvalue weighted by molar-refractivity contribution is 0.0836. The average molecular weight is 202 g/mol. The Bertz CT molecular complexity index is 379. The summed E-state index contributed by atoms with van der Waals surface area (Å²) in [6.07, 6.45) is 3.74. The van der Waals surface area contributed by atoms with E-state index in [2.05, 4.69) is 44.2 Å². The molecule has 0 saturated heterocycles. The summed E-state index contributed by atoms with van der Waals surface area (Å²) in [6, 6.07) is 8.65. The molecule has 1 aromatic rings. The third kappa shape index (κ3) is 1.98. The second-order valence-electron chi connectivity index (χ2n) is 4.32. The highest BCUT2D eigenvalue weighted by Gasteiger charge is 2.21. The topological polar surface area (TPSA) is 9.23 Å². The minimum atomic E-state index is 0.299. The van der Waals surface area contributed by atoms with Crippen molar-refractivity contribution >= 4 is 5.57 Å². The average Bonchev–Trinajstić information content (AvgIpc) is 2.28. The van der Waals surface area contributed by atoms with Gasteiger partial charge in [0.15, 0.2) is 0 Å². The van der Waals surface area contributed by atoms with E-state index in [0.717, 1.165) is 6.42 Å². The molecule has 2 rings (SSSR count). The van der Waals surface area contributed by atoms with Gasteiger partial charge in [-0.25, -0.2) is 0 Å². The number of rotatable bonds is 2. The van der Waals surface area contributed by atoms with Crippen LogP contribution in [-0.2, 0) is 11.2 Å². The normalized spacial score (nSPS) is 21.8. The first-order valence-corrected chi connectivity index (χ1v) is 5.52. The van der Waals surface area contributed by atoms with E-state index in [0.29, 0.717) is 12.0 Å². The summed E-state index contributed by atoms with van der Waals surface area (Å²) in [6.45, 7) is 4.33. The highest BCUT2D eigenvalue weighted by Crippen LogP contribution is 2.30. The zero-order valence-corrected chi connectivity index (χ0v) is 9.66. The third-order valence-corrected chi connectivity index (χ3v) is 3.34. The van der Waals surface area contributed by atoms with E-state index in [-0.39, 0.29) is 0 Å². The van der Waals surface area contributed by atoms with Crippen molar-refractivity contribution in [3.05, 3.63) is 41.5 Å². The molecule has 0 aromatic heterocycles. The molecule has 1 aromatic carbocycles. The standard InChI is InChI=1S/C14H18O/c1-10-8-13(11(2)15-3)9-12-6-4-5-7-14(10)12/h4-8,11,13H,9H2,1-3H3. The number of methoxy groups -OCH3 is 1. The Hall–Kier alpha value is -1.08. The molecule has 0 amide bonds. The van der Waals surface area contributed by atoms with Crippen molar-refractivity contribution in [2.45, 2.75) is 26.4 Å². The SMILES string of the molecule is COC(C)C1C=C(C)c2ccccc2C1. The van der Waals surface area contributed by atoms with Crippen LogP contribution in [0.2, 0.25) is 0 Å². The van der Waals surface area contributed by atoms with Crippen LogP contribution in [0.25, 0.3) is 5.57 Å². The summed E-state index contributed by atoms with van der Waals surface area (Å²) in [5.74, 6) is 0.518. The van der Waals surface area contributed by atoms with Crippen LogP contribution in [0.15, 0.2) is 30.3 Å². The highest BCUT2D eigenvalue weighted by atomic mass is 16.5. The monoisotopic (exact) mass is 202 g/mol. The van der Waals surface area contributed by atoms with Crippen LogP contribution < -0.4 is 0 Å². The lowest BCUT2D eigenvalue weighted by atomic mass is 9.83. The van der Waals surface area contributed by atoms with E-state index in [1.165, 1.54) is 16.7 Å². The van der Waals surface area contributed by atoms with Gasteiger partial charge < -0.3 is 4.74 Å². The molecule has 15 heavy (non-hydrogen) atoms. The van der Waals surface area contributed by atoms with Gasteiger partial charge >= 0.3 is 0 Å². The van der Waals surface area contributed by atoms with Crippen molar-refractivity contribution < 1.29 is 4.74 Å². The summed E-state index contributed by atoms with van der Waals surface area (Å²) >= 11 is 0. The van der Waals surface area contributed by atoms with Gasteiger partial charge in [-0.2, -0.15) is 0 Å². The number of allylic oxidation sites excluding steroid dienone is 1. The molecule has 80 valence electrons. The fraction of sp³-hybridized carbons (Fsp3) is 0.429. The van der Waals surface area contributed by atoms with Gasteiger partial charge in [0.05, 0.1) is 6.10 Å². The van der Waals surface area contributed by atoms with Crippen molar-refractivity contribution in [3.63, 3.8) is 0 Å². The van der Waals surface area contributed by atoms with E-state index in [4.69, 9.17) is 4.74 Å². The second-order valence-corrected chi connectivity index (χ2v) is 4.32. The molecule has 1 heteroatoms. The highest BCUT2D eigenvalue weighted by molar-refractivity contribution is 5.68. The Morgan fingerprint density at radius 1 is 1.33 bits per heavy atom. The Kier molecular flexibility index (Phi) is 2.92. The first-order chi connectivity index (χ1) is 7.22. The molecule has 2 unspecified atom stereocenters. The van der Waals surface area contributed by atoms with E-state index in [9.17, 15) is 0 Å². The first-order valence-electron chi connectivity index (χ1n) is 5.52. The molecule has 0 saturated carbocycles. The minimum absolute atomic E-state index is 0.299. The van der Waals surface area contributed by atoms with Crippen LogP contribution in [0.1, 0.15) is 25.0 Å². The molecule has 0 bridgehead atoms. The Balaban J connectivity index is 2.32. The van der Waals surface area contributed by atoms with E-state index >= 15 is 0 Å². The number of hydrogen-bond donors (Lipinski definition) is 0. The number of fused-ring (bicyclic) bond motifs is 1. The predicted octanol–water partition coefficient (Wildman–Crippen LogP) is 3.30. The molecule has 0 aliphatic heterocycles. The van der Waals surface area contributed by atoms with Crippen molar-refractivity contribution in [2.24, 2.45) is 5.92 Å². The number of benzene rings is 1. The maximum atomic E-state index is 5.41. The maximum absolute atomic E-state index is 5.41.